The molecule has 5 heteroatoms. The molecule has 0 bridgehead atoms. The molecule has 2 amide bonds. The summed E-state index contributed by atoms with van der Waals surface area (Å²) < 4.78 is 0. The van der Waals surface area contributed by atoms with Crippen molar-refractivity contribution in [2.24, 2.45) is 5.92 Å². The number of carbonyl (C=O) groups is 2. The van der Waals surface area contributed by atoms with E-state index in [-0.39, 0.29) is 17.7 Å². The molecule has 1 N–H and O–H groups in total. The van der Waals surface area contributed by atoms with Gasteiger partial charge >= 0.3 is 0 Å². The van der Waals surface area contributed by atoms with Crippen molar-refractivity contribution in [1.29, 1.82) is 0 Å². The van der Waals surface area contributed by atoms with E-state index >= 15 is 0 Å². The van der Waals surface area contributed by atoms with Crippen LogP contribution in [-0.4, -0.2) is 29.8 Å². The van der Waals surface area contributed by atoms with Gasteiger partial charge in [-0.05, 0) is 35.7 Å². The molecule has 2 aromatic rings. The second-order valence-corrected chi connectivity index (χ2v) is 6.96. The molecule has 0 fully saturated rings. The quantitative estimate of drug-likeness (QED) is 0.793. The minimum absolute atomic E-state index is 0.0250. The van der Waals surface area contributed by atoms with Crippen LogP contribution in [0.15, 0.2) is 54.6 Å². The van der Waals surface area contributed by atoms with Crippen LogP contribution in [0.1, 0.15) is 36.2 Å². The molecule has 2 rings (SSSR count). The standard InChI is InChI=1S/C21H25ClN2O2/c1-4-15(2)19(23-20(25)17-10-6-5-7-11-17)21(26)24(3)14-16-9-8-12-18(22)13-16/h5-13,15,19H,4,14H2,1-3H3,(H,23,25). The Balaban J connectivity index is 2.12. The summed E-state index contributed by atoms with van der Waals surface area (Å²) in [5.41, 5.74) is 1.50. The maximum atomic E-state index is 13.0. The first kappa shape index (κ1) is 20.0. The summed E-state index contributed by atoms with van der Waals surface area (Å²) in [7, 11) is 1.74. The van der Waals surface area contributed by atoms with Gasteiger partial charge in [0.25, 0.3) is 5.91 Å². The summed E-state index contributed by atoms with van der Waals surface area (Å²) >= 11 is 6.02. The van der Waals surface area contributed by atoms with Crippen LogP contribution in [0.5, 0.6) is 0 Å². The van der Waals surface area contributed by atoms with E-state index in [0.717, 1.165) is 12.0 Å². The zero-order chi connectivity index (χ0) is 19.1. The van der Waals surface area contributed by atoms with Crippen molar-refractivity contribution in [2.75, 3.05) is 7.05 Å². The van der Waals surface area contributed by atoms with Gasteiger partial charge in [-0.25, -0.2) is 0 Å². The molecular formula is C21H25ClN2O2. The van der Waals surface area contributed by atoms with E-state index in [0.29, 0.717) is 17.1 Å². The fourth-order valence-corrected chi connectivity index (χ4v) is 2.93. The van der Waals surface area contributed by atoms with Gasteiger partial charge in [-0.15, -0.1) is 0 Å². The fourth-order valence-electron chi connectivity index (χ4n) is 2.72. The number of benzene rings is 2. The van der Waals surface area contributed by atoms with Gasteiger partial charge in [-0.1, -0.05) is 62.2 Å². The van der Waals surface area contributed by atoms with Gasteiger partial charge in [0.2, 0.25) is 5.91 Å². The molecule has 0 aliphatic carbocycles. The normalized spacial score (nSPS) is 12.9. The number of hydrogen-bond acceptors (Lipinski definition) is 2. The molecule has 4 nitrogen and oxygen atoms in total. The lowest BCUT2D eigenvalue weighted by Crippen LogP contribution is -2.50. The molecule has 0 aliphatic heterocycles. The number of halogens is 1. The lowest BCUT2D eigenvalue weighted by atomic mass is 9.97. The first-order valence-electron chi connectivity index (χ1n) is 8.77. The highest BCUT2D eigenvalue weighted by atomic mass is 35.5. The first-order valence-corrected chi connectivity index (χ1v) is 9.15. The summed E-state index contributed by atoms with van der Waals surface area (Å²) in [4.78, 5) is 27.1. The molecule has 26 heavy (non-hydrogen) atoms. The third kappa shape index (κ3) is 5.33. The van der Waals surface area contributed by atoms with E-state index in [1.54, 1.807) is 42.3 Å². The van der Waals surface area contributed by atoms with Gasteiger partial charge in [-0.3, -0.25) is 9.59 Å². The second-order valence-electron chi connectivity index (χ2n) is 6.53. The zero-order valence-corrected chi connectivity index (χ0v) is 16.2. The molecule has 0 heterocycles. The smallest absolute Gasteiger partial charge is 0.251 e. The Morgan fingerprint density at radius 2 is 1.81 bits per heavy atom. The molecular weight excluding hydrogens is 348 g/mol. The molecule has 0 aromatic heterocycles. The van der Waals surface area contributed by atoms with Crippen LogP contribution in [0.3, 0.4) is 0 Å². The topological polar surface area (TPSA) is 49.4 Å². The monoisotopic (exact) mass is 372 g/mol. The lowest BCUT2D eigenvalue weighted by molar-refractivity contribution is -0.133. The minimum atomic E-state index is -0.572. The van der Waals surface area contributed by atoms with E-state index in [9.17, 15) is 9.59 Å². The predicted molar refractivity (Wildman–Crippen MR) is 105 cm³/mol. The van der Waals surface area contributed by atoms with E-state index < -0.39 is 6.04 Å². The lowest BCUT2D eigenvalue weighted by Gasteiger charge is -2.28. The largest absolute Gasteiger partial charge is 0.340 e. The number of rotatable bonds is 7. The minimum Gasteiger partial charge on any atom is -0.340 e. The Morgan fingerprint density at radius 1 is 1.12 bits per heavy atom. The van der Waals surface area contributed by atoms with E-state index in [1.807, 2.05) is 38.1 Å². The SMILES string of the molecule is CCC(C)C(NC(=O)c1ccccc1)C(=O)N(C)Cc1cccc(Cl)c1. The Hall–Kier alpha value is -2.33. The van der Waals surface area contributed by atoms with Gasteiger partial charge < -0.3 is 10.2 Å². The van der Waals surface area contributed by atoms with Gasteiger partial charge in [0.1, 0.15) is 6.04 Å². The molecule has 138 valence electrons. The molecule has 2 atom stereocenters. The summed E-state index contributed by atoms with van der Waals surface area (Å²) in [6, 6.07) is 15.8. The van der Waals surface area contributed by atoms with Crippen molar-refractivity contribution in [3.63, 3.8) is 0 Å². The van der Waals surface area contributed by atoms with Crippen molar-refractivity contribution in [1.82, 2.24) is 10.2 Å². The second kappa shape index (κ2) is 9.39. The van der Waals surface area contributed by atoms with Gasteiger partial charge in [0.05, 0.1) is 0 Å². The number of amides is 2. The van der Waals surface area contributed by atoms with E-state index in [2.05, 4.69) is 5.32 Å². The summed E-state index contributed by atoms with van der Waals surface area (Å²) in [6.45, 7) is 4.42. The third-order valence-corrected chi connectivity index (χ3v) is 4.72. The van der Waals surface area contributed by atoms with Gasteiger partial charge in [-0.2, -0.15) is 0 Å². The van der Waals surface area contributed by atoms with Crippen LogP contribution in [0.25, 0.3) is 0 Å². The van der Waals surface area contributed by atoms with E-state index in [4.69, 9.17) is 11.6 Å². The summed E-state index contributed by atoms with van der Waals surface area (Å²) in [5.74, 6) is -0.319. The number of nitrogens with one attached hydrogen (secondary N) is 1. The molecule has 0 saturated heterocycles. The van der Waals surface area contributed by atoms with Crippen molar-refractivity contribution < 1.29 is 9.59 Å². The van der Waals surface area contributed by atoms with Crippen molar-refractivity contribution in [3.05, 3.63) is 70.7 Å². The fraction of sp³-hybridized carbons (Fsp3) is 0.333. The van der Waals surface area contributed by atoms with Crippen molar-refractivity contribution in [2.45, 2.75) is 32.9 Å². The highest BCUT2D eigenvalue weighted by Crippen LogP contribution is 2.15. The maximum absolute atomic E-state index is 13.0. The number of likely N-dealkylation sites (N-methyl/N-ethyl adjacent to an activating group) is 1. The van der Waals surface area contributed by atoms with Crippen LogP contribution < -0.4 is 5.32 Å². The Kier molecular flexibility index (Phi) is 7.22. The average Bonchev–Trinajstić information content (AvgIpc) is 2.65. The number of carbonyl (C=O) groups excluding carboxylic acids is 2. The molecule has 0 spiro atoms. The van der Waals surface area contributed by atoms with Crippen molar-refractivity contribution in [3.8, 4) is 0 Å². The Bertz CT molecular complexity index is 749. The first-order chi connectivity index (χ1) is 12.4. The molecule has 2 aromatic carbocycles. The van der Waals surface area contributed by atoms with Crippen LogP contribution in [-0.2, 0) is 11.3 Å². The summed E-state index contributed by atoms with van der Waals surface area (Å²) in [6.07, 6.45) is 0.788. The van der Waals surface area contributed by atoms with E-state index in [1.165, 1.54) is 0 Å². The molecule has 2 unspecified atom stereocenters. The molecule has 0 aliphatic rings. The Labute approximate surface area is 160 Å². The predicted octanol–water partition coefficient (Wildman–Crippen LogP) is 4.14. The third-order valence-electron chi connectivity index (χ3n) is 4.49. The Morgan fingerprint density at radius 3 is 2.42 bits per heavy atom. The molecule has 0 radical (unpaired) electrons. The van der Waals surface area contributed by atoms with Gasteiger partial charge in [0, 0.05) is 24.2 Å². The number of hydrogen-bond donors (Lipinski definition) is 1. The van der Waals surface area contributed by atoms with Crippen molar-refractivity contribution >= 4 is 23.4 Å². The van der Waals surface area contributed by atoms with Crippen LogP contribution in [0.2, 0.25) is 5.02 Å². The number of nitrogens with zero attached hydrogens (tertiary/aromatic N) is 1. The highest BCUT2D eigenvalue weighted by molar-refractivity contribution is 6.30. The van der Waals surface area contributed by atoms with Gasteiger partial charge in [0.15, 0.2) is 0 Å². The van der Waals surface area contributed by atoms with Crippen LogP contribution in [0, 0.1) is 5.92 Å². The van der Waals surface area contributed by atoms with Crippen LogP contribution in [0.4, 0.5) is 0 Å². The zero-order valence-electron chi connectivity index (χ0n) is 15.4. The molecule has 0 saturated carbocycles. The maximum Gasteiger partial charge on any atom is 0.251 e. The summed E-state index contributed by atoms with van der Waals surface area (Å²) in [5, 5.41) is 3.54. The van der Waals surface area contributed by atoms with Crippen LogP contribution >= 0.6 is 11.6 Å². The average molecular weight is 373 g/mol. The highest BCUT2D eigenvalue weighted by Gasteiger charge is 2.28.